The van der Waals surface area contributed by atoms with E-state index in [1.54, 1.807) is 36.6 Å². The number of aromatic nitrogens is 1. The Hall–Kier alpha value is -2.43. The van der Waals surface area contributed by atoms with Crippen LogP contribution in [0.25, 0.3) is 0 Å². The van der Waals surface area contributed by atoms with Gasteiger partial charge in [-0.15, -0.1) is 11.3 Å². The summed E-state index contributed by atoms with van der Waals surface area (Å²) < 4.78 is 10.1. The molecule has 0 radical (unpaired) electrons. The van der Waals surface area contributed by atoms with E-state index in [1.807, 2.05) is 6.07 Å². The van der Waals surface area contributed by atoms with Crippen molar-refractivity contribution in [3.05, 3.63) is 45.4 Å². The number of hydrogen-bond donors (Lipinski definition) is 0. The molecule has 2 rings (SSSR count). The molecule has 0 aliphatic rings. The monoisotopic (exact) mass is 364 g/mol. The van der Waals surface area contributed by atoms with Gasteiger partial charge < -0.3 is 9.47 Å². The molecule has 0 bridgehead atoms. The Morgan fingerprint density at radius 2 is 2.21 bits per heavy atom. The molecule has 24 heavy (non-hydrogen) atoms. The maximum absolute atomic E-state index is 12.0. The summed E-state index contributed by atoms with van der Waals surface area (Å²) in [7, 11) is 0. The number of halogens is 1. The van der Waals surface area contributed by atoms with Crippen molar-refractivity contribution in [2.45, 2.75) is 12.8 Å². The van der Waals surface area contributed by atoms with Crippen molar-refractivity contribution >= 4 is 34.7 Å². The van der Waals surface area contributed by atoms with E-state index in [-0.39, 0.29) is 6.61 Å². The first-order valence-electron chi connectivity index (χ1n) is 6.88. The topological polar surface area (TPSA) is 89.3 Å². The van der Waals surface area contributed by atoms with Gasteiger partial charge >= 0.3 is 5.97 Å². The lowest BCUT2D eigenvalue weighted by molar-refractivity contribution is -0.150. The second-order valence-electron chi connectivity index (χ2n) is 4.76. The largest absolute Gasteiger partial charge is 0.482 e. The van der Waals surface area contributed by atoms with Gasteiger partial charge in [-0.2, -0.15) is 5.26 Å². The van der Waals surface area contributed by atoms with E-state index in [4.69, 9.17) is 26.3 Å². The fourth-order valence-electron chi connectivity index (χ4n) is 1.75. The van der Waals surface area contributed by atoms with Crippen LogP contribution in [0.4, 0.5) is 0 Å². The molecule has 2 aromatic rings. The standard InChI is InChI=1S/C16H13ClN2O4S/c1-10-9-24-16(19-10)13(6-18)14(20)7-23-15(21)8-22-12-4-2-3-11(17)5-12/h2-5,9,13H,7-8H2,1H3/t13-/m1/s1. The third-order valence-corrected chi connectivity index (χ3v) is 4.13. The smallest absolute Gasteiger partial charge is 0.344 e. The predicted octanol–water partition coefficient (Wildman–Crippen LogP) is 2.90. The minimum Gasteiger partial charge on any atom is -0.482 e. The highest BCUT2D eigenvalue weighted by atomic mass is 35.5. The Morgan fingerprint density at radius 3 is 2.83 bits per heavy atom. The number of nitriles is 1. The zero-order valence-corrected chi connectivity index (χ0v) is 14.3. The highest BCUT2D eigenvalue weighted by Gasteiger charge is 2.24. The zero-order valence-electron chi connectivity index (χ0n) is 12.7. The molecule has 1 aromatic heterocycles. The molecule has 0 saturated carbocycles. The summed E-state index contributed by atoms with van der Waals surface area (Å²) in [5.74, 6) is -1.86. The van der Waals surface area contributed by atoms with Crippen molar-refractivity contribution in [1.82, 2.24) is 4.98 Å². The number of aryl methyl sites for hydroxylation is 1. The van der Waals surface area contributed by atoms with Gasteiger partial charge in [-0.1, -0.05) is 17.7 Å². The van der Waals surface area contributed by atoms with E-state index in [9.17, 15) is 9.59 Å². The maximum Gasteiger partial charge on any atom is 0.344 e. The van der Waals surface area contributed by atoms with Gasteiger partial charge in [-0.25, -0.2) is 9.78 Å². The van der Waals surface area contributed by atoms with Crippen LogP contribution in [-0.2, 0) is 14.3 Å². The van der Waals surface area contributed by atoms with Crippen LogP contribution in [0.3, 0.4) is 0 Å². The van der Waals surface area contributed by atoms with E-state index >= 15 is 0 Å². The molecule has 1 aromatic carbocycles. The Labute approximate surface area is 147 Å². The van der Waals surface area contributed by atoms with Gasteiger partial charge in [-0.3, -0.25) is 4.79 Å². The lowest BCUT2D eigenvalue weighted by Crippen LogP contribution is -2.22. The first kappa shape index (κ1) is 17.9. The molecule has 1 heterocycles. The van der Waals surface area contributed by atoms with Gasteiger partial charge in [0.15, 0.2) is 24.9 Å². The number of Topliss-reactive ketones (excluding diaryl/α,β-unsaturated/α-hetero) is 1. The minimum atomic E-state index is -1.04. The number of rotatable bonds is 7. The maximum atomic E-state index is 12.0. The summed E-state index contributed by atoms with van der Waals surface area (Å²) in [6.07, 6.45) is 0. The van der Waals surface area contributed by atoms with E-state index in [0.29, 0.717) is 15.8 Å². The fraction of sp³-hybridized carbons (Fsp3) is 0.250. The predicted molar refractivity (Wildman–Crippen MR) is 88.1 cm³/mol. The number of hydrogen-bond acceptors (Lipinski definition) is 7. The molecule has 6 nitrogen and oxygen atoms in total. The number of benzene rings is 1. The Kier molecular flexibility index (Phi) is 6.29. The number of nitrogens with zero attached hydrogens (tertiary/aromatic N) is 2. The Bertz CT molecular complexity index is 784. The number of carbonyl (C=O) groups excluding carboxylic acids is 2. The fourth-order valence-corrected chi connectivity index (χ4v) is 2.79. The second-order valence-corrected chi connectivity index (χ2v) is 6.09. The van der Waals surface area contributed by atoms with Crippen molar-refractivity contribution < 1.29 is 19.1 Å². The highest BCUT2D eigenvalue weighted by molar-refractivity contribution is 7.09. The number of thiazole rings is 1. The van der Waals surface area contributed by atoms with E-state index < -0.39 is 24.3 Å². The molecule has 0 unspecified atom stereocenters. The lowest BCUT2D eigenvalue weighted by Gasteiger charge is -2.08. The van der Waals surface area contributed by atoms with Crippen LogP contribution < -0.4 is 4.74 Å². The molecular weight excluding hydrogens is 352 g/mol. The second kappa shape index (κ2) is 8.43. The molecule has 0 spiro atoms. The van der Waals surface area contributed by atoms with Crippen molar-refractivity contribution in [1.29, 1.82) is 5.26 Å². The summed E-state index contributed by atoms with van der Waals surface area (Å²) in [6.45, 7) is 0.905. The summed E-state index contributed by atoms with van der Waals surface area (Å²) >= 11 is 7.02. The van der Waals surface area contributed by atoms with Gasteiger partial charge in [0.05, 0.1) is 6.07 Å². The van der Waals surface area contributed by atoms with Crippen LogP contribution in [0.5, 0.6) is 5.75 Å². The molecule has 8 heteroatoms. The van der Waals surface area contributed by atoms with Gasteiger partial charge in [0, 0.05) is 16.1 Å². The van der Waals surface area contributed by atoms with Crippen molar-refractivity contribution in [2.75, 3.05) is 13.2 Å². The minimum absolute atomic E-state index is 0.360. The van der Waals surface area contributed by atoms with Gasteiger partial charge in [-0.05, 0) is 25.1 Å². The van der Waals surface area contributed by atoms with E-state index in [1.165, 1.54) is 11.3 Å². The molecule has 124 valence electrons. The molecule has 0 fully saturated rings. The van der Waals surface area contributed by atoms with E-state index in [0.717, 1.165) is 5.69 Å². The van der Waals surface area contributed by atoms with Crippen LogP contribution in [0, 0.1) is 18.3 Å². The quantitative estimate of drug-likeness (QED) is 0.702. The summed E-state index contributed by atoms with van der Waals surface area (Å²) in [6, 6.07) is 8.43. The number of ketones is 1. The SMILES string of the molecule is Cc1csc([C@H](C#N)C(=O)COC(=O)COc2cccc(Cl)c2)n1. The highest BCUT2D eigenvalue weighted by Crippen LogP contribution is 2.21. The van der Waals surface area contributed by atoms with Crippen LogP contribution in [-0.4, -0.2) is 30.0 Å². The van der Waals surface area contributed by atoms with Crippen LogP contribution in [0.15, 0.2) is 29.6 Å². The lowest BCUT2D eigenvalue weighted by atomic mass is 10.1. The molecule has 0 aliphatic carbocycles. The van der Waals surface area contributed by atoms with Crippen molar-refractivity contribution in [2.24, 2.45) is 0 Å². The van der Waals surface area contributed by atoms with Crippen LogP contribution in [0.1, 0.15) is 16.6 Å². The first-order valence-corrected chi connectivity index (χ1v) is 8.13. The number of ether oxygens (including phenoxy) is 2. The van der Waals surface area contributed by atoms with Crippen LogP contribution >= 0.6 is 22.9 Å². The zero-order chi connectivity index (χ0) is 17.5. The summed E-state index contributed by atoms with van der Waals surface area (Å²) in [5, 5.41) is 11.7. The third-order valence-electron chi connectivity index (χ3n) is 2.86. The molecule has 0 amide bonds. The van der Waals surface area contributed by atoms with E-state index in [2.05, 4.69) is 4.98 Å². The molecular formula is C16H13ClN2O4S. The van der Waals surface area contributed by atoms with Crippen molar-refractivity contribution in [3.8, 4) is 11.8 Å². The molecule has 0 aliphatic heterocycles. The van der Waals surface area contributed by atoms with Crippen molar-refractivity contribution in [3.63, 3.8) is 0 Å². The Morgan fingerprint density at radius 1 is 1.42 bits per heavy atom. The van der Waals surface area contributed by atoms with Gasteiger partial charge in [0.2, 0.25) is 0 Å². The Balaban J connectivity index is 1.82. The third kappa shape index (κ3) is 5.05. The average molecular weight is 365 g/mol. The van der Waals surface area contributed by atoms with Gasteiger partial charge in [0.25, 0.3) is 0 Å². The van der Waals surface area contributed by atoms with Gasteiger partial charge in [0.1, 0.15) is 10.8 Å². The molecule has 0 N–H and O–H groups in total. The summed E-state index contributed by atoms with van der Waals surface area (Å²) in [5.41, 5.74) is 0.731. The first-order chi connectivity index (χ1) is 11.5. The molecule has 1 atom stereocenters. The molecule has 0 saturated heterocycles. The average Bonchev–Trinajstić information content (AvgIpc) is 2.98. The number of esters is 1. The normalized spacial score (nSPS) is 11.4. The summed E-state index contributed by atoms with van der Waals surface area (Å²) in [4.78, 5) is 27.8. The number of carbonyl (C=O) groups is 2. The van der Waals surface area contributed by atoms with Crippen LogP contribution in [0.2, 0.25) is 5.02 Å².